The zero-order valence-corrected chi connectivity index (χ0v) is 22.9. The van der Waals surface area contributed by atoms with E-state index >= 15 is 0 Å². The van der Waals surface area contributed by atoms with Gasteiger partial charge in [-0.15, -0.1) is 0 Å². The first-order valence-electron chi connectivity index (χ1n) is 12.5. The summed E-state index contributed by atoms with van der Waals surface area (Å²) >= 11 is 1.98. The molecule has 0 spiro atoms. The SMILES string of the molecule is C[C@@H](c1ccccc1)C(C(=O)Nc1ccc(I)cc1F)N1C(=O)N[C@H](c2ccc(OCC3CC3)cc2)C1=O. The number of nitrogens with one attached hydrogen (secondary N) is 2. The monoisotopic (exact) mass is 627 g/mol. The van der Waals surface area contributed by atoms with Crippen LogP contribution in [0.1, 0.15) is 42.9 Å². The van der Waals surface area contributed by atoms with Crippen molar-refractivity contribution in [3.8, 4) is 5.75 Å². The van der Waals surface area contributed by atoms with Crippen LogP contribution in [-0.2, 0) is 9.59 Å². The molecule has 2 aliphatic rings. The number of carbonyl (C=O) groups is 3. The molecule has 196 valence electrons. The fourth-order valence-electron chi connectivity index (χ4n) is 4.54. The highest BCUT2D eigenvalue weighted by atomic mass is 127. The molecule has 2 fully saturated rings. The predicted octanol–water partition coefficient (Wildman–Crippen LogP) is 5.62. The molecule has 0 bridgehead atoms. The number of hydrogen-bond acceptors (Lipinski definition) is 4. The van der Waals surface area contributed by atoms with Crippen molar-refractivity contribution in [3.05, 3.63) is 93.3 Å². The molecule has 1 saturated heterocycles. The number of halogens is 2. The fraction of sp³-hybridized carbons (Fsp3) is 0.276. The van der Waals surface area contributed by atoms with E-state index in [1.54, 1.807) is 37.3 Å². The van der Waals surface area contributed by atoms with E-state index in [-0.39, 0.29) is 5.69 Å². The van der Waals surface area contributed by atoms with Crippen LogP contribution in [0.5, 0.6) is 5.75 Å². The Morgan fingerprint density at radius 3 is 2.47 bits per heavy atom. The van der Waals surface area contributed by atoms with Crippen LogP contribution in [0.2, 0.25) is 0 Å². The van der Waals surface area contributed by atoms with Crippen molar-refractivity contribution in [2.24, 2.45) is 5.92 Å². The molecule has 1 aliphatic carbocycles. The number of ether oxygens (including phenoxy) is 1. The van der Waals surface area contributed by atoms with E-state index in [1.807, 2.05) is 52.9 Å². The molecule has 5 rings (SSSR count). The maximum atomic E-state index is 14.6. The van der Waals surface area contributed by atoms with Gasteiger partial charge in [0.05, 0.1) is 12.3 Å². The quantitative estimate of drug-likeness (QED) is 0.238. The number of rotatable bonds is 9. The Labute approximate surface area is 233 Å². The van der Waals surface area contributed by atoms with Crippen LogP contribution in [0.25, 0.3) is 0 Å². The molecule has 0 radical (unpaired) electrons. The van der Waals surface area contributed by atoms with E-state index in [4.69, 9.17) is 4.74 Å². The molecule has 7 nitrogen and oxygen atoms in total. The predicted molar refractivity (Wildman–Crippen MR) is 149 cm³/mol. The third kappa shape index (κ3) is 5.67. The lowest BCUT2D eigenvalue weighted by molar-refractivity contribution is -0.134. The highest BCUT2D eigenvalue weighted by Gasteiger charge is 2.47. The van der Waals surface area contributed by atoms with E-state index in [2.05, 4.69) is 10.6 Å². The number of nitrogens with zero attached hydrogens (tertiary/aromatic N) is 1. The minimum atomic E-state index is -1.21. The standard InChI is InChI=1S/C29H27FIN3O4/c1-17(19-5-3-2-4-6-19)26(27(35)32-24-14-11-21(31)15-23(24)30)34-28(36)25(33-29(34)37)20-9-12-22(13-10-20)38-16-18-7-8-18/h2-6,9-15,17-18,25-26H,7-8,16H2,1H3,(H,32,35)(H,33,37)/t17-,25+,26?/m0/s1. The Balaban J connectivity index is 1.41. The highest BCUT2D eigenvalue weighted by Crippen LogP contribution is 2.33. The Morgan fingerprint density at radius 2 is 1.82 bits per heavy atom. The molecule has 2 N–H and O–H groups in total. The summed E-state index contributed by atoms with van der Waals surface area (Å²) in [5, 5.41) is 5.30. The van der Waals surface area contributed by atoms with Gasteiger partial charge in [0.1, 0.15) is 23.7 Å². The first kappa shape index (κ1) is 26.1. The van der Waals surface area contributed by atoms with Gasteiger partial charge >= 0.3 is 6.03 Å². The van der Waals surface area contributed by atoms with Crippen LogP contribution in [0, 0.1) is 15.3 Å². The Morgan fingerprint density at radius 1 is 1.11 bits per heavy atom. The zero-order valence-electron chi connectivity index (χ0n) is 20.7. The van der Waals surface area contributed by atoms with Crippen molar-refractivity contribution in [1.29, 1.82) is 0 Å². The fourth-order valence-corrected chi connectivity index (χ4v) is 5.00. The topological polar surface area (TPSA) is 87.7 Å². The van der Waals surface area contributed by atoms with Crippen LogP contribution in [0.3, 0.4) is 0 Å². The van der Waals surface area contributed by atoms with Gasteiger partial charge in [0.2, 0.25) is 5.91 Å². The molecule has 1 aliphatic heterocycles. The molecule has 4 amide bonds. The highest BCUT2D eigenvalue weighted by molar-refractivity contribution is 14.1. The first-order chi connectivity index (χ1) is 18.3. The van der Waals surface area contributed by atoms with Crippen LogP contribution < -0.4 is 15.4 Å². The van der Waals surface area contributed by atoms with E-state index in [0.717, 1.165) is 10.5 Å². The maximum Gasteiger partial charge on any atom is 0.325 e. The summed E-state index contributed by atoms with van der Waals surface area (Å²) in [5.74, 6) is -1.06. The van der Waals surface area contributed by atoms with E-state index in [0.29, 0.717) is 27.4 Å². The number of amides is 4. The Hall–Kier alpha value is -3.47. The minimum Gasteiger partial charge on any atom is -0.493 e. The number of imide groups is 1. The number of carbonyl (C=O) groups excluding carboxylic acids is 3. The lowest BCUT2D eigenvalue weighted by atomic mass is 9.91. The van der Waals surface area contributed by atoms with Crippen LogP contribution in [0.15, 0.2) is 72.8 Å². The van der Waals surface area contributed by atoms with Gasteiger partial charge in [-0.05, 0) is 82.8 Å². The minimum absolute atomic E-state index is 0.0222. The summed E-state index contributed by atoms with van der Waals surface area (Å²) in [6, 6.07) is 17.7. The second-order valence-electron chi connectivity index (χ2n) is 9.67. The molecular formula is C29H27FIN3O4. The number of benzene rings is 3. The van der Waals surface area contributed by atoms with Crippen molar-refractivity contribution >= 4 is 46.1 Å². The Bertz CT molecular complexity index is 1350. The third-order valence-corrected chi connectivity index (χ3v) is 7.57. The van der Waals surface area contributed by atoms with Crippen molar-refractivity contribution in [1.82, 2.24) is 10.2 Å². The van der Waals surface area contributed by atoms with Crippen molar-refractivity contribution in [2.45, 2.75) is 37.8 Å². The average Bonchev–Trinajstić information content (AvgIpc) is 3.70. The van der Waals surface area contributed by atoms with Crippen molar-refractivity contribution in [2.75, 3.05) is 11.9 Å². The number of urea groups is 1. The molecule has 1 unspecified atom stereocenters. The smallest absolute Gasteiger partial charge is 0.325 e. The second kappa shape index (κ2) is 11.1. The van der Waals surface area contributed by atoms with Gasteiger partial charge < -0.3 is 15.4 Å². The number of anilines is 1. The summed E-state index contributed by atoms with van der Waals surface area (Å²) in [4.78, 5) is 41.4. The molecule has 3 aromatic rings. The van der Waals surface area contributed by atoms with E-state index < -0.39 is 41.7 Å². The molecule has 3 atom stereocenters. The van der Waals surface area contributed by atoms with Gasteiger partial charge in [0, 0.05) is 9.49 Å². The normalized spacial score (nSPS) is 18.6. The van der Waals surface area contributed by atoms with Crippen LogP contribution in [0.4, 0.5) is 14.9 Å². The molecule has 1 saturated carbocycles. The number of hydrogen-bond donors (Lipinski definition) is 2. The van der Waals surface area contributed by atoms with Crippen molar-refractivity contribution in [3.63, 3.8) is 0 Å². The molecule has 3 aromatic carbocycles. The summed E-state index contributed by atoms with van der Waals surface area (Å²) in [7, 11) is 0. The zero-order chi connectivity index (χ0) is 26.8. The van der Waals surface area contributed by atoms with E-state index in [9.17, 15) is 18.8 Å². The summed E-state index contributed by atoms with van der Waals surface area (Å²) in [6.45, 7) is 2.44. The van der Waals surface area contributed by atoms with Gasteiger partial charge in [-0.2, -0.15) is 0 Å². The van der Waals surface area contributed by atoms with Gasteiger partial charge in [0.15, 0.2) is 0 Å². The maximum absolute atomic E-state index is 14.6. The van der Waals surface area contributed by atoms with Crippen molar-refractivity contribution < 1.29 is 23.5 Å². The summed E-state index contributed by atoms with van der Waals surface area (Å²) in [6.07, 6.45) is 2.37. The van der Waals surface area contributed by atoms with Gasteiger partial charge in [-0.3, -0.25) is 9.59 Å². The summed E-state index contributed by atoms with van der Waals surface area (Å²) in [5.41, 5.74) is 1.32. The molecular weight excluding hydrogens is 600 g/mol. The largest absolute Gasteiger partial charge is 0.493 e. The van der Waals surface area contributed by atoms with Crippen LogP contribution in [-0.4, -0.2) is 35.4 Å². The average molecular weight is 627 g/mol. The second-order valence-corrected chi connectivity index (χ2v) is 10.9. The lowest BCUT2D eigenvalue weighted by Crippen LogP contribution is -2.50. The molecule has 9 heteroatoms. The van der Waals surface area contributed by atoms with Gasteiger partial charge in [0.25, 0.3) is 5.91 Å². The van der Waals surface area contributed by atoms with Crippen LogP contribution >= 0.6 is 22.6 Å². The first-order valence-corrected chi connectivity index (χ1v) is 13.6. The lowest BCUT2D eigenvalue weighted by Gasteiger charge is -2.30. The molecule has 38 heavy (non-hydrogen) atoms. The molecule has 0 aromatic heterocycles. The third-order valence-electron chi connectivity index (χ3n) is 6.90. The van der Waals surface area contributed by atoms with Gasteiger partial charge in [-0.1, -0.05) is 49.4 Å². The van der Waals surface area contributed by atoms with Gasteiger partial charge in [-0.25, -0.2) is 14.1 Å². The summed E-state index contributed by atoms with van der Waals surface area (Å²) < 4.78 is 21.0. The van der Waals surface area contributed by atoms with E-state index in [1.165, 1.54) is 25.0 Å². The Kier molecular flexibility index (Phi) is 7.64. The molecule has 1 heterocycles.